The number of aromatic nitrogens is 2. The van der Waals surface area contributed by atoms with Crippen molar-refractivity contribution in [2.45, 2.75) is 45.3 Å². The maximum atomic E-state index is 8.97. The van der Waals surface area contributed by atoms with E-state index in [1.807, 2.05) is 18.2 Å². The summed E-state index contributed by atoms with van der Waals surface area (Å²) in [6.45, 7) is -4.71. The van der Waals surface area contributed by atoms with Crippen molar-refractivity contribution in [3.63, 3.8) is 0 Å². The topological polar surface area (TPSA) is 38.9 Å². The van der Waals surface area contributed by atoms with Crippen LogP contribution < -0.4 is 0 Å². The molecule has 130 valence electrons. The van der Waals surface area contributed by atoms with Gasteiger partial charge in [0.15, 0.2) is 0 Å². The van der Waals surface area contributed by atoms with Crippen LogP contribution in [0.5, 0.6) is 0 Å². The van der Waals surface area contributed by atoms with Crippen LogP contribution >= 0.6 is 0 Å². The summed E-state index contributed by atoms with van der Waals surface area (Å²) in [6, 6.07) is 10.4. The van der Waals surface area contributed by atoms with Gasteiger partial charge in [0.1, 0.15) is 5.58 Å². The highest BCUT2D eigenvalue weighted by Gasteiger charge is 2.21. The molecule has 3 aromatic heterocycles. The molecule has 0 bridgehead atoms. The Bertz CT molecular complexity index is 1370. The molecule has 0 atom stereocenters. The summed E-state index contributed by atoms with van der Waals surface area (Å²) in [6.07, 6.45) is 4.35. The van der Waals surface area contributed by atoms with E-state index in [2.05, 4.69) is 9.97 Å². The number of fused-ring (bicyclic) bond motifs is 3. The molecule has 26 heavy (non-hydrogen) atoms. The third kappa shape index (κ3) is 2.42. The highest BCUT2D eigenvalue weighted by molar-refractivity contribution is 6.08. The number of para-hydroxylation sites is 1. The van der Waals surface area contributed by atoms with E-state index in [4.69, 9.17) is 14.0 Å². The molecule has 0 radical (unpaired) electrons. The van der Waals surface area contributed by atoms with Crippen LogP contribution in [0.1, 0.15) is 58.0 Å². The predicted molar refractivity (Wildman–Crippen MR) is 105 cm³/mol. The molecule has 1 fully saturated rings. The van der Waals surface area contributed by atoms with Gasteiger partial charge in [-0.15, -0.1) is 0 Å². The van der Waals surface area contributed by atoms with Gasteiger partial charge in [-0.05, 0) is 67.8 Å². The molecular formula is C23H22N2O. The highest BCUT2D eigenvalue weighted by atomic mass is 16.3. The minimum Gasteiger partial charge on any atom is -0.437 e. The first kappa shape index (κ1) is 9.86. The molecule has 0 spiro atoms. The lowest BCUT2D eigenvalue weighted by Gasteiger charge is -2.14. The predicted octanol–water partition coefficient (Wildman–Crippen LogP) is 6.32. The third-order valence-corrected chi connectivity index (χ3v) is 5.13. The standard InChI is InChI=1S/C23H22N2O/c1-14-13-24-21(12-20(14)16-6-3-4-7-16)19-9-5-8-17-18-11-10-15(2)25-23(18)26-22(17)19/h5,8-13,16H,3-4,6-7H2,1-2H3/i1D3,2D3,16D. The van der Waals surface area contributed by atoms with Crippen LogP contribution in [0.15, 0.2) is 47.0 Å². The molecule has 5 rings (SSSR count). The van der Waals surface area contributed by atoms with Crippen molar-refractivity contribution in [3.05, 3.63) is 59.4 Å². The van der Waals surface area contributed by atoms with Crippen LogP contribution in [0, 0.1) is 13.7 Å². The molecule has 3 heteroatoms. The Kier molecular flexibility index (Phi) is 2.25. The first-order valence-electron chi connectivity index (χ1n) is 12.3. The largest absolute Gasteiger partial charge is 0.437 e. The number of hydrogen-bond donors (Lipinski definition) is 0. The molecule has 4 aromatic rings. The Morgan fingerprint density at radius 1 is 1.12 bits per heavy atom. The zero-order chi connectivity index (χ0) is 23.6. The van der Waals surface area contributed by atoms with E-state index in [-0.39, 0.29) is 17.0 Å². The SMILES string of the molecule is [2H]C([2H])([2H])c1ccc2c(n1)oc1c(-c3cc(C4([2H])CCCC4)c(C([2H])([2H])[2H])cn3)cccc12. The molecule has 0 N–H and O–H groups in total. The maximum Gasteiger partial charge on any atom is 0.227 e. The molecule has 1 saturated carbocycles. The summed E-state index contributed by atoms with van der Waals surface area (Å²) in [5.74, 6) is -0.959. The number of pyridine rings is 2. The monoisotopic (exact) mass is 349 g/mol. The lowest BCUT2D eigenvalue weighted by atomic mass is 9.93. The zero-order valence-electron chi connectivity index (χ0n) is 21.2. The van der Waals surface area contributed by atoms with Gasteiger partial charge in [-0.1, -0.05) is 25.0 Å². The summed E-state index contributed by atoms with van der Waals surface area (Å²) in [4.78, 5) is 8.64. The molecule has 1 aromatic carbocycles. The Balaban J connectivity index is 1.72. The molecule has 0 amide bonds. The van der Waals surface area contributed by atoms with Crippen molar-refractivity contribution >= 4 is 22.1 Å². The van der Waals surface area contributed by atoms with Gasteiger partial charge < -0.3 is 4.42 Å². The minimum absolute atomic E-state index is 0.0459. The van der Waals surface area contributed by atoms with Crippen molar-refractivity contribution in [1.82, 2.24) is 9.97 Å². The number of hydrogen-bond acceptors (Lipinski definition) is 3. The summed E-state index contributed by atoms with van der Waals surface area (Å²) in [5, 5.41) is 1.45. The number of nitrogens with zero attached hydrogens (tertiary/aromatic N) is 2. The Morgan fingerprint density at radius 2 is 2.04 bits per heavy atom. The highest BCUT2D eigenvalue weighted by Crippen LogP contribution is 2.39. The average molecular weight is 349 g/mol. The number of aryl methyl sites for hydroxylation is 2. The molecule has 0 unspecified atom stereocenters. The van der Waals surface area contributed by atoms with Crippen molar-refractivity contribution < 1.29 is 14.0 Å². The molecule has 0 saturated heterocycles. The van der Waals surface area contributed by atoms with Gasteiger partial charge in [-0.2, -0.15) is 0 Å². The van der Waals surface area contributed by atoms with E-state index in [9.17, 15) is 0 Å². The Hall–Kier alpha value is -2.68. The molecule has 1 aliphatic carbocycles. The smallest absolute Gasteiger partial charge is 0.227 e. The van der Waals surface area contributed by atoms with Gasteiger partial charge in [0.05, 0.1) is 5.69 Å². The van der Waals surface area contributed by atoms with Gasteiger partial charge in [0, 0.05) is 37.8 Å². The number of furan rings is 1. The van der Waals surface area contributed by atoms with E-state index in [1.54, 1.807) is 12.1 Å². The molecular weight excluding hydrogens is 320 g/mol. The fourth-order valence-corrected chi connectivity index (χ4v) is 3.85. The van der Waals surface area contributed by atoms with E-state index >= 15 is 0 Å². The Morgan fingerprint density at radius 3 is 2.88 bits per heavy atom. The molecule has 1 aliphatic rings. The first-order chi connectivity index (χ1) is 15.5. The lowest BCUT2D eigenvalue weighted by molar-refractivity contribution is 0.653. The van der Waals surface area contributed by atoms with Gasteiger partial charge in [0.25, 0.3) is 0 Å². The van der Waals surface area contributed by atoms with Crippen LogP contribution in [-0.2, 0) is 0 Å². The summed E-state index contributed by atoms with van der Waals surface area (Å²) >= 11 is 0. The van der Waals surface area contributed by atoms with Gasteiger partial charge in [-0.25, -0.2) is 4.98 Å². The quantitative estimate of drug-likeness (QED) is 0.425. The number of rotatable bonds is 2. The van der Waals surface area contributed by atoms with E-state index < -0.39 is 19.6 Å². The van der Waals surface area contributed by atoms with Crippen LogP contribution in [-0.4, -0.2) is 9.97 Å². The van der Waals surface area contributed by atoms with Crippen molar-refractivity contribution in [2.24, 2.45) is 0 Å². The third-order valence-electron chi connectivity index (χ3n) is 5.13. The molecule has 0 aliphatic heterocycles. The van der Waals surface area contributed by atoms with Gasteiger partial charge in [-0.3, -0.25) is 4.98 Å². The maximum absolute atomic E-state index is 8.97. The second-order valence-corrected chi connectivity index (χ2v) is 6.76. The van der Waals surface area contributed by atoms with Crippen LogP contribution in [0.25, 0.3) is 33.3 Å². The summed E-state index contributed by atoms with van der Waals surface area (Å²) in [7, 11) is 0. The first-order valence-corrected chi connectivity index (χ1v) is 8.82. The summed E-state index contributed by atoms with van der Waals surface area (Å²) < 4.78 is 61.7. The normalized spacial score (nSPS) is 21.5. The Labute approximate surface area is 162 Å². The van der Waals surface area contributed by atoms with E-state index in [0.717, 1.165) is 18.2 Å². The fraction of sp³-hybridized carbons (Fsp3) is 0.304. The summed E-state index contributed by atoms with van der Waals surface area (Å²) in [5.41, 5.74) is 2.42. The molecule has 3 heterocycles. The van der Waals surface area contributed by atoms with E-state index in [0.29, 0.717) is 40.6 Å². The second kappa shape index (κ2) is 5.94. The lowest BCUT2D eigenvalue weighted by Crippen LogP contribution is -1.98. The van der Waals surface area contributed by atoms with Crippen molar-refractivity contribution in [1.29, 1.82) is 0 Å². The van der Waals surface area contributed by atoms with Crippen LogP contribution in [0.2, 0.25) is 0 Å². The minimum atomic E-state index is -2.36. The second-order valence-electron chi connectivity index (χ2n) is 6.76. The van der Waals surface area contributed by atoms with Gasteiger partial charge in [0.2, 0.25) is 5.71 Å². The van der Waals surface area contributed by atoms with Crippen LogP contribution in [0.3, 0.4) is 0 Å². The average Bonchev–Trinajstić information content (AvgIpc) is 3.36. The number of benzene rings is 1. The molecule has 3 nitrogen and oxygen atoms in total. The fourth-order valence-electron chi connectivity index (χ4n) is 3.85. The van der Waals surface area contributed by atoms with Gasteiger partial charge >= 0.3 is 0 Å². The van der Waals surface area contributed by atoms with Crippen LogP contribution in [0.4, 0.5) is 0 Å². The van der Waals surface area contributed by atoms with Crippen molar-refractivity contribution in [2.75, 3.05) is 0 Å². The van der Waals surface area contributed by atoms with E-state index in [1.165, 1.54) is 12.3 Å². The zero-order valence-corrected chi connectivity index (χ0v) is 14.2. The van der Waals surface area contributed by atoms with Crippen molar-refractivity contribution in [3.8, 4) is 11.3 Å².